The molecular weight excluding hydrogens is 210 g/mol. The average Bonchev–Trinajstić information content (AvgIpc) is 2.26. The molecule has 1 rings (SSSR count). The number of amides is 1. The van der Waals surface area contributed by atoms with Crippen molar-refractivity contribution in [3.8, 4) is 0 Å². The topological polar surface area (TPSA) is 75.6 Å². The van der Waals surface area contributed by atoms with Crippen molar-refractivity contribution in [2.75, 3.05) is 0 Å². The highest BCUT2D eigenvalue weighted by molar-refractivity contribution is 5.80. The molecule has 0 aromatic heterocycles. The summed E-state index contributed by atoms with van der Waals surface area (Å²) in [6.07, 6.45) is -1.25. The molecule has 0 aliphatic rings. The Kier molecular flexibility index (Phi) is 4.32. The van der Waals surface area contributed by atoms with Gasteiger partial charge < -0.3 is 15.2 Å². The minimum Gasteiger partial charge on any atom is -0.465 e. The molecule has 0 fully saturated rings. The lowest BCUT2D eigenvalue weighted by atomic mass is 10.2. The predicted octanol–water partition coefficient (Wildman–Crippen LogP) is 1.39. The molecule has 0 saturated carbocycles. The van der Waals surface area contributed by atoms with Crippen LogP contribution in [0.1, 0.15) is 12.5 Å². The lowest BCUT2D eigenvalue weighted by molar-refractivity contribution is -0.146. The molecule has 0 bridgehead atoms. The summed E-state index contributed by atoms with van der Waals surface area (Å²) in [7, 11) is 0. The van der Waals surface area contributed by atoms with Crippen LogP contribution in [0.3, 0.4) is 0 Å². The maximum Gasteiger partial charge on any atom is 0.405 e. The summed E-state index contributed by atoms with van der Waals surface area (Å²) in [5, 5.41) is 10.4. The van der Waals surface area contributed by atoms with Gasteiger partial charge in [0, 0.05) is 0 Å². The van der Waals surface area contributed by atoms with Crippen LogP contribution < -0.4 is 5.32 Å². The first-order valence-electron chi connectivity index (χ1n) is 4.79. The number of carbonyl (C=O) groups excluding carboxylic acids is 1. The third-order valence-electron chi connectivity index (χ3n) is 1.92. The van der Waals surface area contributed by atoms with Crippen LogP contribution >= 0.6 is 0 Å². The van der Waals surface area contributed by atoms with Gasteiger partial charge in [0.1, 0.15) is 12.6 Å². The van der Waals surface area contributed by atoms with Crippen molar-refractivity contribution in [1.82, 2.24) is 5.32 Å². The third-order valence-corrected chi connectivity index (χ3v) is 1.92. The van der Waals surface area contributed by atoms with Gasteiger partial charge in [0.05, 0.1) is 0 Å². The van der Waals surface area contributed by atoms with E-state index in [2.05, 4.69) is 0 Å². The van der Waals surface area contributed by atoms with Crippen molar-refractivity contribution in [2.45, 2.75) is 19.6 Å². The van der Waals surface area contributed by atoms with Gasteiger partial charge >= 0.3 is 12.1 Å². The molecule has 1 amide bonds. The third kappa shape index (κ3) is 4.00. The quantitative estimate of drug-likeness (QED) is 0.756. The fourth-order valence-corrected chi connectivity index (χ4v) is 1.10. The smallest absolute Gasteiger partial charge is 0.405 e. The summed E-state index contributed by atoms with van der Waals surface area (Å²) in [6.45, 7) is 1.58. The van der Waals surface area contributed by atoms with E-state index in [9.17, 15) is 9.59 Å². The SMILES string of the molecule is CC(NC(=O)O)C(=O)OCc1ccccc1. The van der Waals surface area contributed by atoms with Gasteiger partial charge in [-0.1, -0.05) is 30.3 Å². The highest BCUT2D eigenvalue weighted by Crippen LogP contribution is 2.01. The van der Waals surface area contributed by atoms with E-state index < -0.39 is 18.1 Å². The van der Waals surface area contributed by atoms with E-state index in [1.165, 1.54) is 6.92 Å². The second-order valence-corrected chi connectivity index (χ2v) is 3.26. The van der Waals surface area contributed by atoms with E-state index in [-0.39, 0.29) is 6.61 Å². The number of hydrogen-bond acceptors (Lipinski definition) is 3. The standard InChI is InChI=1S/C11H13NO4/c1-8(12-11(14)15)10(13)16-7-9-5-3-2-4-6-9/h2-6,8,12H,7H2,1H3,(H,14,15). The zero-order valence-corrected chi connectivity index (χ0v) is 8.84. The van der Waals surface area contributed by atoms with E-state index in [0.717, 1.165) is 5.56 Å². The minimum absolute atomic E-state index is 0.144. The summed E-state index contributed by atoms with van der Waals surface area (Å²) in [6, 6.07) is 8.32. The Morgan fingerprint density at radius 1 is 1.38 bits per heavy atom. The van der Waals surface area contributed by atoms with Crippen LogP contribution in [0.2, 0.25) is 0 Å². The average molecular weight is 223 g/mol. The van der Waals surface area contributed by atoms with Crippen molar-refractivity contribution >= 4 is 12.1 Å². The van der Waals surface area contributed by atoms with Crippen molar-refractivity contribution in [3.63, 3.8) is 0 Å². The molecule has 2 N–H and O–H groups in total. The number of carbonyl (C=O) groups is 2. The monoisotopic (exact) mass is 223 g/mol. The van der Waals surface area contributed by atoms with E-state index in [1.54, 1.807) is 0 Å². The van der Waals surface area contributed by atoms with Crippen molar-refractivity contribution in [3.05, 3.63) is 35.9 Å². The molecule has 1 aromatic rings. The Morgan fingerprint density at radius 2 is 2.00 bits per heavy atom. The van der Waals surface area contributed by atoms with Gasteiger partial charge in [-0.2, -0.15) is 0 Å². The van der Waals surface area contributed by atoms with Gasteiger partial charge in [0.2, 0.25) is 0 Å². The van der Waals surface area contributed by atoms with Crippen LogP contribution in [0.5, 0.6) is 0 Å². The Balaban J connectivity index is 2.38. The first-order valence-corrected chi connectivity index (χ1v) is 4.79. The fraction of sp³-hybridized carbons (Fsp3) is 0.273. The molecule has 1 atom stereocenters. The molecule has 86 valence electrons. The molecule has 1 aromatic carbocycles. The number of esters is 1. The van der Waals surface area contributed by atoms with E-state index in [0.29, 0.717) is 0 Å². The van der Waals surface area contributed by atoms with Crippen LogP contribution in [0.25, 0.3) is 0 Å². The molecule has 0 spiro atoms. The zero-order valence-electron chi connectivity index (χ0n) is 8.84. The normalized spacial score (nSPS) is 11.6. The van der Waals surface area contributed by atoms with E-state index >= 15 is 0 Å². The molecule has 0 aliphatic carbocycles. The number of nitrogens with one attached hydrogen (secondary N) is 1. The first-order chi connectivity index (χ1) is 7.59. The summed E-state index contributed by atoms with van der Waals surface area (Å²) < 4.78 is 4.93. The molecule has 0 saturated heterocycles. The van der Waals surface area contributed by atoms with Crippen molar-refractivity contribution in [1.29, 1.82) is 0 Å². The van der Waals surface area contributed by atoms with Gasteiger partial charge in [0.15, 0.2) is 0 Å². The molecule has 0 aliphatic heterocycles. The maximum absolute atomic E-state index is 11.3. The Labute approximate surface area is 93.0 Å². The van der Waals surface area contributed by atoms with Crippen LogP contribution in [0.4, 0.5) is 4.79 Å². The lowest BCUT2D eigenvalue weighted by Gasteiger charge is -2.10. The number of hydrogen-bond donors (Lipinski definition) is 2. The summed E-state index contributed by atoms with van der Waals surface area (Å²) in [4.78, 5) is 21.6. The Bertz CT molecular complexity index is 364. The number of carboxylic acid groups (broad SMARTS) is 1. The second-order valence-electron chi connectivity index (χ2n) is 3.26. The number of ether oxygens (including phenoxy) is 1. The summed E-state index contributed by atoms with van der Waals surface area (Å²) in [5.74, 6) is -0.591. The Hall–Kier alpha value is -2.04. The predicted molar refractivity (Wildman–Crippen MR) is 56.9 cm³/mol. The van der Waals surface area contributed by atoms with Gasteiger partial charge in [-0.05, 0) is 12.5 Å². The van der Waals surface area contributed by atoms with Gasteiger partial charge in [-0.15, -0.1) is 0 Å². The summed E-state index contributed by atoms with van der Waals surface area (Å²) >= 11 is 0. The molecule has 0 radical (unpaired) electrons. The fourth-order valence-electron chi connectivity index (χ4n) is 1.10. The van der Waals surface area contributed by atoms with Crippen LogP contribution in [0, 0.1) is 0 Å². The van der Waals surface area contributed by atoms with Crippen LogP contribution in [-0.4, -0.2) is 23.2 Å². The highest BCUT2D eigenvalue weighted by Gasteiger charge is 2.16. The largest absolute Gasteiger partial charge is 0.465 e. The zero-order chi connectivity index (χ0) is 12.0. The minimum atomic E-state index is -1.25. The highest BCUT2D eigenvalue weighted by atomic mass is 16.5. The number of benzene rings is 1. The van der Waals surface area contributed by atoms with Gasteiger partial charge in [-0.3, -0.25) is 0 Å². The molecular formula is C11H13NO4. The van der Waals surface area contributed by atoms with Crippen molar-refractivity contribution in [2.24, 2.45) is 0 Å². The molecule has 1 unspecified atom stereocenters. The molecule has 16 heavy (non-hydrogen) atoms. The second kappa shape index (κ2) is 5.75. The van der Waals surface area contributed by atoms with E-state index in [1.807, 2.05) is 35.6 Å². The summed E-state index contributed by atoms with van der Waals surface area (Å²) in [5.41, 5.74) is 0.860. The molecule has 5 nitrogen and oxygen atoms in total. The van der Waals surface area contributed by atoms with Gasteiger partial charge in [0.25, 0.3) is 0 Å². The van der Waals surface area contributed by atoms with E-state index in [4.69, 9.17) is 9.84 Å². The molecule has 0 heterocycles. The van der Waals surface area contributed by atoms with Crippen LogP contribution in [0.15, 0.2) is 30.3 Å². The van der Waals surface area contributed by atoms with Crippen LogP contribution in [-0.2, 0) is 16.1 Å². The van der Waals surface area contributed by atoms with Crippen molar-refractivity contribution < 1.29 is 19.4 Å². The first kappa shape index (κ1) is 12.0. The molecule has 5 heteroatoms. The maximum atomic E-state index is 11.3. The Morgan fingerprint density at radius 3 is 2.56 bits per heavy atom. The van der Waals surface area contributed by atoms with Gasteiger partial charge in [-0.25, -0.2) is 9.59 Å². The number of rotatable bonds is 4. The lowest BCUT2D eigenvalue weighted by Crippen LogP contribution is -2.38.